The van der Waals surface area contributed by atoms with E-state index in [1.807, 2.05) is 0 Å². The van der Waals surface area contributed by atoms with Gasteiger partial charge in [0.25, 0.3) is 0 Å². The molecule has 0 radical (unpaired) electrons. The fraction of sp³-hybridized carbons (Fsp3) is 0.0444. The van der Waals surface area contributed by atoms with Crippen molar-refractivity contribution in [2.24, 2.45) is 0 Å². The van der Waals surface area contributed by atoms with E-state index in [0.29, 0.717) is 0 Å². The molecule has 0 saturated carbocycles. The number of hydrogen-bond acceptors (Lipinski definition) is 1. The quantitative estimate of drug-likeness (QED) is 0.146. The summed E-state index contributed by atoms with van der Waals surface area (Å²) in [6, 6.07) is 53.4. The van der Waals surface area contributed by atoms with Crippen LogP contribution in [0.4, 0.5) is 0 Å². The summed E-state index contributed by atoms with van der Waals surface area (Å²) in [5.41, 5.74) is 8.26. The molecule has 0 atom stereocenters. The molecule has 0 aliphatic carbocycles. The predicted octanol–water partition coefficient (Wildman–Crippen LogP) is 12.2. The highest BCUT2D eigenvalue weighted by molar-refractivity contribution is 6.29. The van der Waals surface area contributed by atoms with Crippen molar-refractivity contribution in [2.75, 3.05) is 0 Å². The zero-order valence-corrected chi connectivity index (χ0v) is 26.3. The molecule has 10 rings (SSSR count). The van der Waals surface area contributed by atoms with Crippen LogP contribution in [0.3, 0.4) is 0 Å². The van der Waals surface area contributed by atoms with Crippen LogP contribution in [0.5, 0.6) is 0 Å². The second-order valence-corrected chi connectivity index (χ2v) is 12.8. The van der Waals surface area contributed by atoms with Crippen LogP contribution in [0.1, 0.15) is 11.4 Å². The standard InChI is InChI=1S/C45H30N2/c1-27-41(28(2)47(46-27)34-23-20-29-10-3-4-11-33(29)26-34)45-37-16-7-5-14-35(37)44(36-15-6-8-17-38(36)45)40-25-22-32-19-18-30-12-9-13-31-21-24-39(40)43(32)42(30)31/h3-26H,1-2H3. The van der Waals surface area contributed by atoms with Crippen LogP contribution >= 0.6 is 0 Å². The average molecular weight is 599 g/mol. The SMILES string of the molecule is Cc1nn(-c2ccc3ccccc3c2)c(C)c1-c1c2ccccc2c(-c2ccc3ccc4cccc5ccc2c3c45)c2ccccc12. The summed E-state index contributed by atoms with van der Waals surface area (Å²) in [4.78, 5) is 0. The third kappa shape index (κ3) is 3.70. The van der Waals surface area contributed by atoms with Gasteiger partial charge in [-0.25, -0.2) is 4.68 Å². The van der Waals surface area contributed by atoms with Gasteiger partial charge in [0.2, 0.25) is 0 Å². The summed E-state index contributed by atoms with van der Waals surface area (Å²) >= 11 is 0. The number of benzene rings is 9. The molecule has 10 aromatic rings. The van der Waals surface area contributed by atoms with Crippen molar-refractivity contribution in [3.05, 3.63) is 157 Å². The number of hydrogen-bond donors (Lipinski definition) is 0. The molecule has 0 N–H and O–H groups in total. The highest BCUT2D eigenvalue weighted by Gasteiger charge is 2.23. The highest BCUT2D eigenvalue weighted by atomic mass is 15.3. The normalized spacial score (nSPS) is 12.0. The topological polar surface area (TPSA) is 17.8 Å². The fourth-order valence-corrected chi connectivity index (χ4v) is 8.21. The Balaban J connectivity index is 1.29. The monoisotopic (exact) mass is 598 g/mol. The highest BCUT2D eigenvalue weighted by Crippen LogP contribution is 2.48. The van der Waals surface area contributed by atoms with Crippen molar-refractivity contribution >= 4 is 64.6 Å². The Morgan fingerprint density at radius 3 is 1.64 bits per heavy atom. The summed E-state index contributed by atoms with van der Waals surface area (Å²) in [6.07, 6.45) is 0. The maximum Gasteiger partial charge on any atom is 0.0679 e. The third-order valence-electron chi connectivity index (χ3n) is 10.2. The van der Waals surface area contributed by atoms with Gasteiger partial charge < -0.3 is 0 Å². The van der Waals surface area contributed by atoms with E-state index >= 15 is 0 Å². The van der Waals surface area contributed by atoms with Crippen LogP contribution in [-0.4, -0.2) is 9.78 Å². The molecule has 47 heavy (non-hydrogen) atoms. The first kappa shape index (κ1) is 26.2. The second kappa shape index (κ2) is 9.75. The smallest absolute Gasteiger partial charge is 0.0679 e. The molecule has 1 aromatic heterocycles. The van der Waals surface area contributed by atoms with E-state index in [-0.39, 0.29) is 0 Å². The summed E-state index contributed by atoms with van der Waals surface area (Å²) in [6.45, 7) is 4.36. The third-order valence-corrected chi connectivity index (χ3v) is 10.2. The molecule has 0 saturated heterocycles. The van der Waals surface area contributed by atoms with E-state index in [2.05, 4.69) is 164 Å². The van der Waals surface area contributed by atoms with E-state index in [9.17, 15) is 0 Å². The summed E-state index contributed by atoms with van der Waals surface area (Å²) in [5, 5.41) is 20.5. The lowest BCUT2D eigenvalue weighted by atomic mass is 9.83. The van der Waals surface area contributed by atoms with Crippen molar-refractivity contribution in [1.82, 2.24) is 9.78 Å². The Morgan fingerprint density at radius 2 is 0.936 bits per heavy atom. The minimum Gasteiger partial charge on any atom is -0.237 e. The summed E-state index contributed by atoms with van der Waals surface area (Å²) < 4.78 is 2.12. The van der Waals surface area contributed by atoms with E-state index in [1.54, 1.807) is 0 Å². The predicted molar refractivity (Wildman–Crippen MR) is 200 cm³/mol. The van der Waals surface area contributed by atoms with Crippen LogP contribution in [-0.2, 0) is 0 Å². The Bertz CT molecular complexity index is 2800. The van der Waals surface area contributed by atoms with Gasteiger partial charge in [0.1, 0.15) is 0 Å². The van der Waals surface area contributed by atoms with Crippen molar-refractivity contribution in [3.8, 4) is 27.9 Å². The minimum atomic E-state index is 1.03. The average Bonchev–Trinajstić information content (AvgIpc) is 3.42. The Hall–Kier alpha value is -5.99. The lowest BCUT2D eigenvalue weighted by Gasteiger charge is -2.20. The van der Waals surface area contributed by atoms with Crippen molar-refractivity contribution in [1.29, 1.82) is 0 Å². The molecule has 2 heteroatoms. The molecule has 0 spiro atoms. The van der Waals surface area contributed by atoms with Crippen LogP contribution in [0.25, 0.3) is 92.6 Å². The maximum atomic E-state index is 5.16. The first-order chi connectivity index (χ1) is 23.2. The largest absolute Gasteiger partial charge is 0.237 e. The molecule has 9 aromatic carbocycles. The van der Waals surface area contributed by atoms with Gasteiger partial charge in [-0.05, 0) is 102 Å². The molecule has 0 bridgehead atoms. The van der Waals surface area contributed by atoms with Crippen molar-refractivity contribution in [3.63, 3.8) is 0 Å². The number of aryl methyl sites for hydroxylation is 1. The Morgan fingerprint density at radius 1 is 0.404 bits per heavy atom. The lowest BCUT2D eigenvalue weighted by molar-refractivity contribution is 0.835. The van der Waals surface area contributed by atoms with Crippen LogP contribution in [0.15, 0.2) is 146 Å². The molecule has 0 fully saturated rings. The maximum absolute atomic E-state index is 5.16. The molecule has 1 heterocycles. The molecular formula is C45H30N2. The molecule has 0 aliphatic rings. The zero-order chi connectivity index (χ0) is 31.2. The molecule has 0 amide bonds. The fourth-order valence-electron chi connectivity index (χ4n) is 8.21. The number of nitrogens with zero attached hydrogens (tertiary/aromatic N) is 2. The van der Waals surface area contributed by atoms with Gasteiger partial charge in [-0.2, -0.15) is 5.10 Å². The van der Waals surface area contributed by atoms with Crippen LogP contribution in [0.2, 0.25) is 0 Å². The summed E-state index contributed by atoms with van der Waals surface area (Å²) in [5.74, 6) is 0. The van der Waals surface area contributed by atoms with E-state index in [1.165, 1.54) is 86.9 Å². The Kier molecular flexibility index (Phi) is 5.45. The first-order valence-corrected chi connectivity index (χ1v) is 16.3. The minimum absolute atomic E-state index is 1.03. The second-order valence-electron chi connectivity index (χ2n) is 12.8. The number of fused-ring (bicyclic) bond motifs is 3. The van der Waals surface area contributed by atoms with Crippen molar-refractivity contribution in [2.45, 2.75) is 13.8 Å². The molecular weight excluding hydrogens is 569 g/mol. The molecule has 2 nitrogen and oxygen atoms in total. The molecule has 220 valence electrons. The van der Waals surface area contributed by atoms with Gasteiger partial charge >= 0.3 is 0 Å². The van der Waals surface area contributed by atoms with E-state index < -0.39 is 0 Å². The van der Waals surface area contributed by atoms with E-state index in [4.69, 9.17) is 5.10 Å². The van der Waals surface area contributed by atoms with Gasteiger partial charge in [-0.3, -0.25) is 0 Å². The van der Waals surface area contributed by atoms with Gasteiger partial charge in [-0.1, -0.05) is 133 Å². The van der Waals surface area contributed by atoms with Gasteiger partial charge in [0, 0.05) is 16.8 Å². The van der Waals surface area contributed by atoms with Gasteiger partial charge in [-0.15, -0.1) is 0 Å². The number of aromatic nitrogens is 2. The number of rotatable bonds is 3. The van der Waals surface area contributed by atoms with Gasteiger partial charge in [0.15, 0.2) is 0 Å². The van der Waals surface area contributed by atoms with Crippen LogP contribution < -0.4 is 0 Å². The molecule has 0 aliphatic heterocycles. The van der Waals surface area contributed by atoms with Crippen LogP contribution in [0, 0.1) is 13.8 Å². The van der Waals surface area contributed by atoms with Crippen molar-refractivity contribution < 1.29 is 0 Å². The summed E-state index contributed by atoms with van der Waals surface area (Å²) in [7, 11) is 0. The van der Waals surface area contributed by atoms with Gasteiger partial charge in [0.05, 0.1) is 11.4 Å². The zero-order valence-electron chi connectivity index (χ0n) is 26.3. The lowest BCUT2D eigenvalue weighted by Crippen LogP contribution is -1.99. The molecule has 0 unspecified atom stereocenters. The Labute approximate surface area is 272 Å². The van der Waals surface area contributed by atoms with E-state index in [0.717, 1.165) is 17.1 Å². The first-order valence-electron chi connectivity index (χ1n) is 16.3.